The van der Waals surface area contributed by atoms with E-state index in [0.29, 0.717) is 0 Å². The van der Waals surface area contributed by atoms with Crippen LogP contribution in [0, 0.1) is 0 Å². The van der Waals surface area contributed by atoms with Crippen molar-refractivity contribution in [3.8, 4) is 0 Å². The molecule has 0 spiro atoms. The number of aromatic amines is 1. The number of H-pyrrole nitrogens is 1. The van der Waals surface area contributed by atoms with Gasteiger partial charge in [0, 0.05) is 6.20 Å². The third-order valence-corrected chi connectivity index (χ3v) is 4.10. The van der Waals surface area contributed by atoms with Crippen LogP contribution in [-0.4, -0.2) is 51.8 Å². The summed E-state index contributed by atoms with van der Waals surface area (Å²) in [6.45, 7) is 7.71. The highest BCUT2D eigenvalue weighted by molar-refractivity contribution is 9.10. The van der Waals surface area contributed by atoms with Gasteiger partial charge in [-0.1, -0.05) is 0 Å². The number of rotatable bonds is 6. The number of ether oxygens (including phenoxy) is 3. The minimum atomic E-state index is -1.08. The van der Waals surface area contributed by atoms with Crippen LogP contribution >= 0.6 is 15.9 Å². The Kier molecular flexibility index (Phi) is 6.38. The molecule has 4 atom stereocenters. The molecule has 2 heterocycles. The first-order valence-corrected chi connectivity index (χ1v) is 8.61. The van der Waals surface area contributed by atoms with Gasteiger partial charge in [-0.15, -0.1) is 0 Å². The van der Waals surface area contributed by atoms with Crippen molar-refractivity contribution in [3.05, 3.63) is 31.5 Å². The van der Waals surface area contributed by atoms with E-state index >= 15 is 0 Å². The number of aromatic nitrogens is 2. The highest BCUT2D eigenvalue weighted by Gasteiger charge is 2.46. The molecular formula is C15H23BrN2O6. The van der Waals surface area contributed by atoms with Gasteiger partial charge in [-0.2, -0.15) is 0 Å². The Hall–Kier alpha value is -1.00. The largest absolute Gasteiger partial charge is 0.386 e. The molecule has 1 unspecified atom stereocenters. The van der Waals surface area contributed by atoms with E-state index in [2.05, 4.69) is 20.9 Å². The van der Waals surface area contributed by atoms with Crippen molar-refractivity contribution in [2.45, 2.75) is 64.4 Å². The summed E-state index contributed by atoms with van der Waals surface area (Å²) >= 11 is 3.07. The van der Waals surface area contributed by atoms with E-state index in [1.165, 1.54) is 6.20 Å². The first kappa shape index (κ1) is 19.3. The highest BCUT2D eigenvalue weighted by Crippen LogP contribution is 2.31. The Labute approximate surface area is 147 Å². The zero-order valence-corrected chi connectivity index (χ0v) is 15.6. The average Bonchev–Trinajstić information content (AvgIpc) is 2.77. The van der Waals surface area contributed by atoms with E-state index in [1.807, 2.05) is 27.7 Å². The predicted octanol–water partition coefficient (Wildman–Crippen LogP) is 0.776. The molecule has 0 bridgehead atoms. The Morgan fingerprint density at radius 3 is 2.58 bits per heavy atom. The topological polar surface area (TPSA) is 103 Å². The molecule has 2 N–H and O–H groups in total. The van der Waals surface area contributed by atoms with Crippen LogP contribution in [0.15, 0.2) is 20.3 Å². The fraction of sp³-hybridized carbons (Fsp3) is 0.733. The third-order valence-electron chi connectivity index (χ3n) is 3.53. The number of aliphatic hydroxyl groups excluding tert-OH is 1. The van der Waals surface area contributed by atoms with E-state index < -0.39 is 35.8 Å². The van der Waals surface area contributed by atoms with E-state index in [1.54, 1.807) is 0 Å². The van der Waals surface area contributed by atoms with Crippen molar-refractivity contribution in [2.75, 3.05) is 6.61 Å². The Bertz CT molecular complexity index is 671. The van der Waals surface area contributed by atoms with Crippen LogP contribution in [0.2, 0.25) is 0 Å². The van der Waals surface area contributed by atoms with Crippen molar-refractivity contribution in [1.29, 1.82) is 0 Å². The number of nitrogens with one attached hydrogen (secondary N) is 1. The molecule has 1 saturated heterocycles. The second-order valence-electron chi connectivity index (χ2n) is 6.23. The summed E-state index contributed by atoms with van der Waals surface area (Å²) in [5.41, 5.74) is -1.21. The SMILES string of the molecule is CC(C)OC[C@H]1O[C@@H](n2cc(Br)c(=O)[nH]c2=O)C(O)[C@H]1OC(C)C. The van der Waals surface area contributed by atoms with Crippen LogP contribution in [0.5, 0.6) is 0 Å². The number of halogens is 1. The van der Waals surface area contributed by atoms with Crippen molar-refractivity contribution in [3.63, 3.8) is 0 Å². The molecule has 1 fully saturated rings. The molecule has 24 heavy (non-hydrogen) atoms. The summed E-state index contributed by atoms with van der Waals surface area (Å²) in [7, 11) is 0. The lowest BCUT2D eigenvalue weighted by atomic mass is 10.1. The third kappa shape index (κ3) is 4.34. The van der Waals surface area contributed by atoms with Gasteiger partial charge in [-0.3, -0.25) is 14.3 Å². The standard InChI is InChI=1S/C15H23BrN2O6/c1-7(2)22-6-10-12(23-8(3)4)11(19)14(24-10)18-5-9(16)13(20)17-15(18)21/h5,7-8,10-12,14,19H,6H2,1-4H3,(H,17,20,21)/t10-,11?,12+,14-/m1/s1. The summed E-state index contributed by atoms with van der Waals surface area (Å²) < 4.78 is 18.5. The van der Waals surface area contributed by atoms with Gasteiger partial charge in [-0.05, 0) is 43.6 Å². The van der Waals surface area contributed by atoms with Gasteiger partial charge in [-0.25, -0.2) is 4.79 Å². The van der Waals surface area contributed by atoms with E-state index in [-0.39, 0.29) is 23.3 Å². The van der Waals surface area contributed by atoms with Crippen molar-refractivity contribution in [2.24, 2.45) is 0 Å². The molecule has 0 aromatic carbocycles. The molecule has 9 heteroatoms. The summed E-state index contributed by atoms with van der Waals surface area (Å²) in [5.74, 6) is 0. The molecule has 1 aromatic heterocycles. The highest BCUT2D eigenvalue weighted by atomic mass is 79.9. The first-order valence-electron chi connectivity index (χ1n) is 7.82. The molecule has 136 valence electrons. The van der Waals surface area contributed by atoms with Crippen LogP contribution in [0.3, 0.4) is 0 Å². The van der Waals surface area contributed by atoms with Gasteiger partial charge < -0.3 is 19.3 Å². The van der Waals surface area contributed by atoms with Gasteiger partial charge in [0.1, 0.15) is 18.3 Å². The molecular weight excluding hydrogens is 384 g/mol. The molecule has 0 radical (unpaired) electrons. The minimum absolute atomic E-state index is 0.00515. The first-order chi connectivity index (χ1) is 11.2. The second kappa shape index (κ2) is 7.92. The Morgan fingerprint density at radius 1 is 1.33 bits per heavy atom. The lowest BCUT2D eigenvalue weighted by molar-refractivity contribution is -0.0979. The zero-order chi connectivity index (χ0) is 18.0. The fourth-order valence-electron chi connectivity index (χ4n) is 2.50. The monoisotopic (exact) mass is 406 g/mol. The van der Waals surface area contributed by atoms with Crippen molar-refractivity contribution >= 4 is 15.9 Å². The van der Waals surface area contributed by atoms with Crippen LogP contribution in [0.1, 0.15) is 33.9 Å². The van der Waals surface area contributed by atoms with Gasteiger partial charge in [0.05, 0.1) is 23.3 Å². The molecule has 2 rings (SSSR count). The number of nitrogens with zero attached hydrogens (tertiary/aromatic N) is 1. The maximum atomic E-state index is 12.0. The van der Waals surface area contributed by atoms with Crippen LogP contribution < -0.4 is 11.2 Å². The smallest absolute Gasteiger partial charge is 0.330 e. The lowest BCUT2D eigenvalue weighted by Crippen LogP contribution is -2.40. The van der Waals surface area contributed by atoms with Gasteiger partial charge in [0.25, 0.3) is 5.56 Å². The summed E-state index contributed by atoms with van der Waals surface area (Å²) in [6, 6.07) is 0. The molecule has 0 saturated carbocycles. The van der Waals surface area contributed by atoms with E-state index in [4.69, 9.17) is 14.2 Å². The van der Waals surface area contributed by atoms with Crippen molar-refractivity contribution in [1.82, 2.24) is 9.55 Å². The minimum Gasteiger partial charge on any atom is -0.386 e. The lowest BCUT2D eigenvalue weighted by Gasteiger charge is -2.23. The summed E-state index contributed by atoms with van der Waals surface area (Å²) in [4.78, 5) is 25.7. The van der Waals surface area contributed by atoms with Crippen molar-refractivity contribution < 1.29 is 19.3 Å². The number of hydrogen-bond donors (Lipinski definition) is 2. The molecule has 1 aromatic rings. The van der Waals surface area contributed by atoms with Crippen LogP contribution in [0.25, 0.3) is 0 Å². The number of aliphatic hydroxyl groups is 1. The van der Waals surface area contributed by atoms with Gasteiger partial charge in [0.2, 0.25) is 0 Å². The number of hydrogen-bond acceptors (Lipinski definition) is 6. The van der Waals surface area contributed by atoms with Crippen LogP contribution in [-0.2, 0) is 14.2 Å². The van der Waals surface area contributed by atoms with E-state index in [0.717, 1.165) is 4.57 Å². The van der Waals surface area contributed by atoms with E-state index in [9.17, 15) is 14.7 Å². The molecule has 0 aliphatic carbocycles. The molecule has 0 amide bonds. The fourth-order valence-corrected chi connectivity index (χ4v) is 2.82. The summed E-state index contributed by atoms with van der Waals surface area (Å²) in [6.07, 6.45) is -2.08. The molecule has 1 aliphatic heterocycles. The normalized spacial score (nSPS) is 27.3. The quantitative estimate of drug-likeness (QED) is 0.723. The zero-order valence-electron chi connectivity index (χ0n) is 14.1. The maximum Gasteiger partial charge on any atom is 0.330 e. The van der Waals surface area contributed by atoms with Gasteiger partial charge >= 0.3 is 5.69 Å². The molecule has 8 nitrogen and oxygen atoms in total. The predicted molar refractivity (Wildman–Crippen MR) is 90.0 cm³/mol. The average molecular weight is 407 g/mol. The molecule has 1 aliphatic rings. The maximum absolute atomic E-state index is 12.0. The Balaban J connectivity index is 2.30. The summed E-state index contributed by atoms with van der Waals surface area (Å²) in [5, 5.41) is 10.6. The van der Waals surface area contributed by atoms with Gasteiger partial charge in [0.15, 0.2) is 6.23 Å². The Morgan fingerprint density at radius 2 is 2.00 bits per heavy atom. The second-order valence-corrected chi connectivity index (χ2v) is 7.09. The van der Waals surface area contributed by atoms with Crippen LogP contribution in [0.4, 0.5) is 0 Å².